The monoisotopic (exact) mass is 359 g/mol. The number of hydrogen-bond donors (Lipinski definition) is 2. The van der Waals surface area contributed by atoms with Crippen molar-refractivity contribution in [2.75, 3.05) is 5.73 Å². The Bertz CT molecular complexity index is 949. The molecule has 0 saturated carbocycles. The molecule has 0 fully saturated rings. The van der Waals surface area contributed by atoms with Gasteiger partial charge in [-0.15, -0.1) is 0 Å². The first-order valence-electron chi connectivity index (χ1n) is 7.46. The zero-order valence-electron chi connectivity index (χ0n) is 13.3. The lowest BCUT2D eigenvalue weighted by Gasteiger charge is -2.10. The van der Waals surface area contributed by atoms with Crippen molar-refractivity contribution in [3.8, 4) is 11.3 Å². The molecule has 3 aromatic rings. The number of aromatic nitrogens is 1. The van der Waals surface area contributed by atoms with Crippen molar-refractivity contribution in [2.24, 2.45) is 5.73 Å². The predicted octanol–water partition coefficient (Wildman–Crippen LogP) is 3.71. The maximum Gasteiger partial charge on any atom is 0.200 e. The van der Waals surface area contributed by atoms with Gasteiger partial charge in [0.1, 0.15) is 17.8 Å². The highest BCUT2D eigenvalue weighted by Crippen LogP contribution is 2.34. The topological polar surface area (TPSA) is 95.1 Å². The zero-order chi connectivity index (χ0) is 18.1. The van der Waals surface area contributed by atoms with Crippen LogP contribution in [0.15, 0.2) is 41.1 Å². The molecule has 7 heteroatoms. The van der Waals surface area contributed by atoms with E-state index in [9.17, 15) is 9.18 Å². The van der Waals surface area contributed by atoms with E-state index in [1.54, 1.807) is 13.0 Å². The van der Waals surface area contributed by atoms with Gasteiger partial charge in [0.15, 0.2) is 0 Å². The predicted molar refractivity (Wildman–Crippen MR) is 93.8 cm³/mol. The second-order valence-electron chi connectivity index (χ2n) is 5.58. The molecule has 0 spiro atoms. The fraction of sp³-hybridized carbons (Fsp3) is 0.111. The van der Waals surface area contributed by atoms with Gasteiger partial charge in [-0.05, 0) is 36.2 Å². The third kappa shape index (κ3) is 3.01. The summed E-state index contributed by atoms with van der Waals surface area (Å²) >= 11 is 6.07. The molecule has 128 valence electrons. The van der Waals surface area contributed by atoms with Crippen molar-refractivity contribution in [2.45, 2.75) is 13.5 Å². The van der Waals surface area contributed by atoms with Crippen molar-refractivity contribution in [1.82, 2.24) is 5.16 Å². The second-order valence-corrected chi connectivity index (χ2v) is 5.99. The standard InChI is InChI=1S/C18H15ClFN3O2/c1-9-5-10(7-21)6-11(16(9)22)18(24)12-8-25-23-17(12)15-13(19)3-2-4-14(15)20/h2-6,8H,7,21-22H2,1H3. The van der Waals surface area contributed by atoms with Crippen LogP contribution in [0.3, 0.4) is 0 Å². The summed E-state index contributed by atoms with van der Waals surface area (Å²) in [5.74, 6) is -1.04. The Morgan fingerprint density at radius 3 is 2.76 bits per heavy atom. The number of hydrogen-bond acceptors (Lipinski definition) is 5. The first kappa shape index (κ1) is 17.1. The van der Waals surface area contributed by atoms with Crippen LogP contribution in [-0.2, 0) is 6.54 Å². The SMILES string of the molecule is Cc1cc(CN)cc(C(=O)c2conc2-c2c(F)cccc2Cl)c1N. The van der Waals surface area contributed by atoms with Gasteiger partial charge >= 0.3 is 0 Å². The first-order chi connectivity index (χ1) is 11.9. The minimum atomic E-state index is -0.602. The summed E-state index contributed by atoms with van der Waals surface area (Å²) in [6.07, 6.45) is 1.16. The van der Waals surface area contributed by atoms with E-state index in [2.05, 4.69) is 5.16 Å². The average molecular weight is 360 g/mol. The molecule has 2 aromatic carbocycles. The van der Waals surface area contributed by atoms with Crippen molar-refractivity contribution >= 4 is 23.1 Å². The molecule has 5 nitrogen and oxygen atoms in total. The second kappa shape index (κ2) is 6.66. The Morgan fingerprint density at radius 1 is 1.32 bits per heavy atom. The number of nitrogen functional groups attached to an aromatic ring is 1. The minimum Gasteiger partial charge on any atom is -0.398 e. The molecule has 0 aliphatic heterocycles. The van der Waals surface area contributed by atoms with E-state index < -0.39 is 11.6 Å². The highest BCUT2D eigenvalue weighted by molar-refractivity contribution is 6.33. The van der Waals surface area contributed by atoms with Crippen LogP contribution in [0.5, 0.6) is 0 Å². The van der Waals surface area contributed by atoms with Gasteiger partial charge in [0.2, 0.25) is 5.78 Å². The number of ketones is 1. The summed E-state index contributed by atoms with van der Waals surface area (Å²) in [6, 6.07) is 7.64. The van der Waals surface area contributed by atoms with E-state index in [4.69, 9.17) is 27.6 Å². The van der Waals surface area contributed by atoms with E-state index in [1.165, 1.54) is 18.2 Å². The molecule has 1 aromatic heterocycles. The van der Waals surface area contributed by atoms with Crippen LogP contribution in [0, 0.1) is 12.7 Å². The molecule has 0 amide bonds. The Labute approximate surface area is 148 Å². The number of anilines is 1. The number of carbonyl (C=O) groups excluding carboxylic acids is 1. The van der Waals surface area contributed by atoms with Gasteiger partial charge in [-0.2, -0.15) is 0 Å². The number of rotatable bonds is 4. The minimum absolute atomic E-state index is 0.00606. The Hall–Kier alpha value is -2.70. The molecule has 0 atom stereocenters. The fourth-order valence-electron chi connectivity index (χ4n) is 2.63. The lowest BCUT2D eigenvalue weighted by molar-refractivity contribution is 0.103. The molecule has 0 aliphatic carbocycles. The smallest absolute Gasteiger partial charge is 0.200 e. The maximum absolute atomic E-state index is 14.2. The summed E-state index contributed by atoms with van der Waals surface area (Å²) in [5, 5.41) is 3.89. The fourth-order valence-corrected chi connectivity index (χ4v) is 2.88. The molecule has 0 saturated heterocycles. The van der Waals surface area contributed by atoms with E-state index >= 15 is 0 Å². The normalized spacial score (nSPS) is 10.9. The van der Waals surface area contributed by atoms with E-state index in [0.717, 1.165) is 17.4 Å². The highest BCUT2D eigenvalue weighted by atomic mass is 35.5. The summed E-state index contributed by atoms with van der Waals surface area (Å²) in [6.45, 7) is 2.05. The molecule has 0 unspecified atom stereocenters. The van der Waals surface area contributed by atoms with E-state index in [0.29, 0.717) is 5.69 Å². The van der Waals surface area contributed by atoms with Gasteiger partial charge in [0.25, 0.3) is 0 Å². The average Bonchev–Trinajstić information content (AvgIpc) is 3.05. The number of carbonyl (C=O) groups is 1. The van der Waals surface area contributed by atoms with E-state index in [1.807, 2.05) is 6.07 Å². The van der Waals surface area contributed by atoms with Crippen LogP contribution in [0.25, 0.3) is 11.3 Å². The molecule has 0 aliphatic rings. The Morgan fingerprint density at radius 2 is 2.08 bits per heavy atom. The van der Waals surface area contributed by atoms with Gasteiger partial charge in [0.05, 0.1) is 16.1 Å². The van der Waals surface area contributed by atoms with Crippen LogP contribution in [-0.4, -0.2) is 10.9 Å². The number of nitrogens with zero attached hydrogens (tertiary/aromatic N) is 1. The quantitative estimate of drug-likeness (QED) is 0.547. The van der Waals surface area contributed by atoms with Crippen molar-refractivity contribution < 1.29 is 13.7 Å². The Balaban J connectivity index is 2.16. The first-order valence-corrected chi connectivity index (χ1v) is 7.84. The molecular weight excluding hydrogens is 345 g/mol. The lowest BCUT2D eigenvalue weighted by Crippen LogP contribution is -2.10. The molecule has 1 heterocycles. The van der Waals surface area contributed by atoms with Crippen LogP contribution in [0.2, 0.25) is 5.02 Å². The summed E-state index contributed by atoms with van der Waals surface area (Å²) in [4.78, 5) is 13.0. The third-order valence-corrected chi connectivity index (χ3v) is 4.26. The number of aryl methyl sites for hydroxylation is 1. The maximum atomic E-state index is 14.2. The number of halogens is 2. The molecule has 0 bridgehead atoms. The van der Waals surface area contributed by atoms with Crippen molar-refractivity contribution in [1.29, 1.82) is 0 Å². The van der Waals surface area contributed by atoms with Gasteiger partial charge in [-0.1, -0.05) is 28.9 Å². The molecule has 3 rings (SSSR count). The summed E-state index contributed by atoms with van der Waals surface area (Å²) in [5.41, 5.74) is 13.9. The third-order valence-electron chi connectivity index (χ3n) is 3.94. The van der Waals surface area contributed by atoms with Gasteiger partial charge in [-0.3, -0.25) is 4.79 Å². The molecule has 25 heavy (non-hydrogen) atoms. The molecule has 4 N–H and O–H groups in total. The Kier molecular flexibility index (Phi) is 4.57. The number of benzene rings is 2. The number of nitrogens with two attached hydrogens (primary N) is 2. The van der Waals surface area contributed by atoms with Crippen LogP contribution < -0.4 is 11.5 Å². The van der Waals surface area contributed by atoms with E-state index in [-0.39, 0.29) is 34.0 Å². The van der Waals surface area contributed by atoms with Crippen molar-refractivity contribution in [3.05, 3.63) is 69.7 Å². The highest BCUT2D eigenvalue weighted by Gasteiger charge is 2.25. The largest absolute Gasteiger partial charge is 0.398 e. The van der Waals surface area contributed by atoms with Crippen LogP contribution in [0.1, 0.15) is 27.0 Å². The zero-order valence-corrected chi connectivity index (χ0v) is 14.1. The summed E-state index contributed by atoms with van der Waals surface area (Å²) < 4.78 is 19.1. The van der Waals surface area contributed by atoms with Crippen LogP contribution >= 0.6 is 11.6 Å². The van der Waals surface area contributed by atoms with Gasteiger partial charge in [0, 0.05) is 17.8 Å². The molecule has 0 radical (unpaired) electrons. The lowest BCUT2D eigenvalue weighted by atomic mass is 9.95. The van der Waals surface area contributed by atoms with Gasteiger partial charge < -0.3 is 16.0 Å². The van der Waals surface area contributed by atoms with Crippen molar-refractivity contribution in [3.63, 3.8) is 0 Å². The van der Waals surface area contributed by atoms with Crippen LogP contribution in [0.4, 0.5) is 10.1 Å². The summed E-state index contributed by atoms with van der Waals surface area (Å²) in [7, 11) is 0. The van der Waals surface area contributed by atoms with Gasteiger partial charge in [-0.25, -0.2) is 4.39 Å². The molecular formula is C18H15ClFN3O2.